The van der Waals surface area contributed by atoms with Crippen LogP contribution in [-0.4, -0.2) is 66.7 Å². The van der Waals surface area contributed by atoms with E-state index >= 15 is 0 Å². The van der Waals surface area contributed by atoms with E-state index in [9.17, 15) is 13.2 Å². The standard InChI is InChI=1S/C21H26ClF3N6.C4H8O.C2H6/c1-12-11-30(7-8-31(12)19-16(26)18(27-2)28-20(22)29-19)17(14-9-21(24,25)10-14)13-3-5-15(23)6-4-13;1-2-4-5-3-1;1-2/h3-6,12,14,17H,7-11,26H2,1-2H3,(H,27,28,29);1-4H2;1-2H3. The number of anilines is 3. The minimum Gasteiger partial charge on any atom is -0.393 e. The zero-order valence-electron chi connectivity index (χ0n) is 22.7. The lowest BCUT2D eigenvalue weighted by molar-refractivity contribution is -0.133. The van der Waals surface area contributed by atoms with Crippen molar-refractivity contribution in [2.75, 3.05) is 55.8 Å². The summed E-state index contributed by atoms with van der Waals surface area (Å²) < 4.78 is 45.8. The molecule has 1 aromatic carbocycles. The number of nitrogens with two attached hydrogens (primary N) is 1. The first kappa shape index (κ1) is 30.2. The summed E-state index contributed by atoms with van der Waals surface area (Å²) in [6.45, 7) is 9.89. The van der Waals surface area contributed by atoms with Gasteiger partial charge in [-0.2, -0.15) is 9.97 Å². The minimum absolute atomic E-state index is 0.00950. The summed E-state index contributed by atoms with van der Waals surface area (Å²) >= 11 is 6.08. The molecule has 0 radical (unpaired) electrons. The van der Waals surface area contributed by atoms with Crippen molar-refractivity contribution in [1.82, 2.24) is 14.9 Å². The fourth-order valence-electron chi connectivity index (χ4n) is 5.28. The van der Waals surface area contributed by atoms with E-state index in [4.69, 9.17) is 22.1 Å². The van der Waals surface area contributed by atoms with E-state index in [-0.39, 0.29) is 41.9 Å². The van der Waals surface area contributed by atoms with Crippen molar-refractivity contribution in [2.45, 2.75) is 64.5 Å². The van der Waals surface area contributed by atoms with Crippen LogP contribution in [0.1, 0.15) is 58.1 Å². The molecule has 11 heteroatoms. The predicted molar refractivity (Wildman–Crippen MR) is 148 cm³/mol. The summed E-state index contributed by atoms with van der Waals surface area (Å²) in [6, 6.07) is 6.01. The molecule has 3 heterocycles. The molecule has 38 heavy (non-hydrogen) atoms. The summed E-state index contributed by atoms with van der Waals surface area (Å²) in [5.41, 5.74) is 7.53. The van der Waals surface area contributed by atoms with E-state index in [0.29, 0.717) is 37.0 Å². The predicted octanol–water partition coefficient (Wildman–Crippen LogP) is 6.01. The third-order valence-electron chi connectivity index (χ3n) is 7.07. The number of piperazine rings is 1. The fourth-order valence-corrected chi connectivity index (χ4v) is 5.44. The number of nitrogen functional groups attached to an aromatic ring is 1. The highest BCUT2D eigenvalue weighted by molar-refractivity contribution is 6.28. The molecular formula is C27H40ClF3N6O. The first-order valence-electron chi connectivity index (χ1n) is 13.4. The molecule has 1 aromatic heterocycles. The first-order chi connectivity index (χ1) is 18.2. The Labute approximate surface area is 228 Å². The Morgan fingerprint density at radius 1 is 1.11 bits per heavy atom. The Morgan fingerprint density at radius 3 is 2.24 bits per heavy atom. The van der Waals surface area contributed by atoms with Crippen molar-refractivity contribution >= 4 is 28.9 Å². The molecule has 2 aromatic rings. The third kappa shape index (κ3) is 7.42. The topological polar surface area (TPSA) is 79.5 Å². The van der Waals surface area contributed by atoms with Gasteiger partial charge in [-0.1, -0.05) is 26.0 Å². The number of aromatic nitrogens is 2. The van der Waals surface area contributed by atoms with Crippen LogP contribution in [0.3, 0.4) is 0 Å². The minimum atomic E-state index is -2.62. The van der Waals surface area contributed by atoms with Crippen molar-refractivity contribution in [1.29, 1.82) is 0 Å². The van der Waals surface area contributed by atoms with Crippen LogP contribution in [0.4, 0.5) is 30.5 Å². The van der Waals surface area contributed by atoms with Crippen LogP contribution < -0.4 is 16.0 Å². The average Bonchev–Trinajstić information content (AvgIpc) is 3.47. The number of nitrogens with one attached hydrogen (secondary N) is 1. The maximum atomic E-state index is 13.7. The van der Waals surface area contributed by atoms with Gasteiger partial charge in [0, 0.05) is 64.8 Å². The zero-order valence-corrected chi connectivity index (χ0v) is 23.4. The van der Waals surface area contributed by atoms with Crippen molar-refractivity contribution in [2.24, 2.45) is 5.92 Å². The smallest absolute Gasteiger partial charge is 0.248 e. The van der Waals surface area contributed by atoms with Gasteiger partial charge in [0.05, 0.1) is 0 Å². The van der Waals surface area contributed by atoms with Crippen LogP contribution in [0, 0.1) is 11.7 Å². The molecule has 0 spiro atoms. The van der Waals surface area contributed by atoms with E-state index < -0.39 is 5.92 Å². The second-order valence-corrected chi connectivity index (χ2v) is 10.0. The highest BCUT2D eigenvalue weighted by Gasteiger charge is 2.50. The zero-order chi connectivity index (χ0) is 27.9. The molecule has 212 valence electrons. The molecule has 5 rings (SSSR count). The number of hydrogen-bond donors (Lipinski definition) is 2. The van der Waals surface area contributed by atoms with Crippen molar-refractivity contribution in [3.05, 3.63) is 40.9 Å². The number of rotatable bonds is 5. The van der Waals surface area contributed by atoms with E-state index in [2.05, 4.69) is 25.1 Å². The van der Waals surface area contributed by atoms with Crippen LogP contribution in [0.15, 0.2) is 24.3 Å². The molecule has 2 unspecified atom stereocenters. The summed E-state index contributed by atoms with van der Waals surface area (Å²) in [5, 5.41) is 3.02. The van der Waals surface area contributed by atoms with Gasteiger partial charge < -0.3 is 20.7 Å². The Morgan fingerprint density at radius 2 is 1.74 bits per heavy atom. The number of benzene rings is 1. The van der Waals surface area contributed by atoms with E-state index in [1.807, 2.05) is 20.8 Å². The summed E-state index contributed by atoms with van der Waals surface area (Å²) in [6.07, 6.45) is 2.26. The number of ether oxygens (including phenoxy) is 1. The Balaban J connectivity index is 0.000000504. The van der Waals surface area contributed by atoms with Gasteiger partial charge in [0.25, 0.3) is 0 Å². The van der Waals surface area contributed by atoms with Gasteiger partial charge in [-0.05, 0) is 55.0 Å². The molecule has 3 fully saturated rings. The van der Waals surface area contributed by atoms with Crippen LogP contribution in [0.5, 0.6) is 0 Å². The molecule has 1 aliphatic carbocycles. The summed E-state index contributed by atoms with van der Waals surface area (Å²) in [4.78, 5) is 12.7. The molecule has 2 atom stereocenters. The van der Waals surface area contributed by atoms with Crippen molar-refractivity contribution in [3.63, 3.8) is 0 Å². The SMILES string of the molecule is C1CCOC1.CC.CNc1nc(Cl)nc(N2CCN(C(c3ccc(F)cc3)C3CC(F)(F)C3)CC2C)c1N. The van der Waals surface area contributed by atoms with Gasteiger partial charge in [0.15, 0.2) is 11.6 Å². The molecule has 2 aliphatic heterocycles. The summed E-state index contributed by atoms with van der Waals surface area (Å²) in [5.74, 6) is -2.10. The maximum absolute atomic E-state index is 13.7. The van der Waals surface area contributed by atoms with Crippen LogP contribution >= 0.6 is 11.6 Å². The highest BCUT2D eigenvalue weighted by Crippen LogP contribution is 2.50. The first-order valence-corrected chi connectivity index (χ1v) is 13.8. The second kappa shape index (κ2) is 13.7. The lowest BCUT2D eigenvalue weighted by Crippen LogP contribution is -2.56. The average molecular weight is 557 g/mol. The largest absolute Gasteiger partial charge is 0.393 e. The van der Waals surface area contributed by atoms with Gasteiger partial charge >= 0.3 is 0 Å². The van der Waals surface area contributed by atoms with E-state index in [0.717, 1.165) is 18.8 Å². The molecule has 0 amide bonds. The molecule has 3 aliphatic rings. The highest BCUT2D eigenvalue weighted by atomic mass is 35.5. The number of hydrogen-bond acceptors (Lipinski definition) is 7. The normalized spacial score (nSPS) is 21.9. The fraction of sp³-hybridized carbons (Fsp3) is 0.630. The molecule has 1 saturated carbocycles. The van der Waals surface area contributed by atoms with Gasteiger partial charge in [-0.15, -0.1) is 0 Å². The molecular weight excluding hydrogens is 517 g/mol. The van der Waals surface area contributed by atoms with Crippen LogP contribution in [0.25, 0.3) is 0 Å². The third-order valence-corrected chi connectivity index (χ3v) is 7.24. The van der Waals surface area contributed by atoms with Crippen molar-refractivity contribution in [3.8, 4) is 0 Å². The van der Waals surface area contributed by atoms with Crippen LogP contribution in [0.2, 0.25) is 5.28 Å². The van der Waals surface area contributed by atoms with Crippen LogP contribution in [-0.2, 0) is 4.74 Å². The Bertz CT molecular complexity index is 1010. The monoisotopic (exact) mass is 556 g/mol. The number of halogens is 4. The van der Waals surface area contributed by atoms with Gasteiger partial charge in [0.1, 0.15) is 11.5 Å². The van der Waals surface area contributed by atoms with Gasteiger partial charge in [0.2, 0.25) is 11.2 Å². The lowest BCUT2D eigenvalue weighted by atomic mass is 9.73. The molecule has 2 saturated heterocycles. The van der Waals surface area contributed by atoms with Gasteiger partial charge in [-0.25, -0.2) is 13.2 Å². The Hall–Kier alpha value is -2.30. The molecule has 0 bridgehead atoms. The maximum Gasteiger partial charge on any atom is 0.248 e. The second-order valence-electron chi connectivity index (χ2n) is 9.71. The van der Waals surface area contributed by atoms with Crippen molar-refractivity contribution < 1.29 is 17.9 Å². The summed E-state index contributed by atoms with van der Waals surface area (Å²) in [7, 11) is 1.71. The molecule has 3 N–H and O–H groups in total. The lowest BCUT2D eigenvalue weighted by Gasteiger charge is -2.49. The van der Waals surface area contributed by atoms with E-state index in [1.54, 1.807) is 19.2 Å². The van der Waals surface area contributed by atoms with Gasteiger partial charge in [-0.3, -0.25) is 4.90 Å². The quantitative estimate of drug-likeness (QED) is 0.436. The Kier molecular flexibility index (Phi) is 10.9. The van der Waals surface area contributed by atoms with E-state index in [1.165, 1.54) is 25.0 Å². The number of alkyl halides is 2. The number of nitrogens with zero attached hydrogens (tertiary/aromatic N) is 4. The molecule has 7 nitrogen and oxygen atoms in total.